The van der Waals surface area contributed by atoms with Crippen LogP contribution in [-0.4, -0.2) is 62.4 Å². The number of nitrogens with one attached hydrogen (secondary N) is 3. The molecule has 2 fully saturated rings. The molecule has 10 nitrogen and oxygen atoms in total. The molecule has 3 N–H and O–H groups in total. The first-order valence-corrected chi connectivity index (χ1v) is 15.9. The number of aryl methyl sites for hydroxylation is 1. The number of nitrogens with zero attached hydrogens (tertiary/aromatic N) is 3. The predicted molar refractivity (Wildman–Crippen MR) is 153 cm³/mol. The molecule has 1 aliphatic carbocycles. The van der Waals surface area contributed by atoms with Gasteiger partial charge < -0.3 is 20.1 Å². The number of hydrogen-bond acceptors (Lipinski definition) is 9. The summed E-state index contributed by atoms with van der Waals surface area (Å²) < 4.78 is 47.3. The van der Waals surface area contributed by atoms with Crippen molar-refractivity contribution in [3.8, 4) is 10.4 Å². The van der Waals surface area contributed by atoms with E-state index in [-0.39, 0.29) is 36.0 Å². The fourth-order valence-corrected chi connectivity index (χ4v) is 7.88. The zero-order valence-electron chi connectivity index (χ0n) is 22.6. The molecule has 216 valence electrons. The van der Waals surface area contributed by atoms with Crippen molar-refractivity contribution in [3.05, 3.63) is 41.8 Å². The Morgan fingerprint density at radius 1 is 1.25 bits per heavy atom. The molecule has 1 saturated carbocycles. The maximum Gasteiger partial charge on any atom is 0.407 e. The van der Waals surface area contributed by atoms with Gasteiger partial charge in [-0.25, -0.2) is 23.2 Å². The first-order chi connectivity index (χ1) is 19.2. The van der Waals surface area contributed by atoms with Crippen molar-refractivity contribution < 1.29 is 22.9 Å². The van der Waals surface area contributed by atoms with Gasteiger partial charge in [0.25, 0.3) is 0 Å². The minimum absolute atomic E-state index is 0.0929. The molecule has 40 heavy (non-hydrogen) atoms. The number of aromatic nitrogens is 3. The van der Waals surface area contributed by atoms with Crippen molar-refractivity contribution in [2.75, 3.05) is 25.2 Å². The van der Waals surface area contributed by atoms with E-state index in [9.17, 15) is 13.4 Å². The zero-order chi connectivity index (χ0) is 28.3. The minimum Gasteiger partial charge on any atom is -0.447 e. The number of thiazole rings is 1. The third-order valence-electron chi connectivity index (χ3n) is 7.15. The lowest BCUT2D eigenvalue weighted by Crippen LogP contribution is -2.40. The summed E-state index contributed by atoms with van der Waals surface area (Å²) in [6, 6.07) is 5.62. The van der Waals surface area contributed by atoms with Crippen LogP contribution in [0.2, 0.25) is 0 Å². The lowest BCUT2D eigenvalue weighted by molar-refractivity contribution is 0.0427. The van der Waals surface area contributed by atoms with Gasteiger partial charge in [0, 0.05) is 35.6 Å². The Balaban J connectivity index is 1.34. The summed E-state index contributed by atoms with van der Waals surface area (Å²) in [4.78, 5) is 18.0. The van der Waals surface area contributed by atoms with Crippen molar-refractivity contribution >= 4 is 38.5 Å². The molecule has 13 heteroatoms. The van der Waals surface area contributed by atoms with Crippen molar-refractivity contribution in [1.82, 2.24) is 20.1 Å². The van der Waals surface area contributed by atoms with Gasteiger partial charge in [0.1, 0.15) is 6.67 Å². The highest BCUT2D eigenvalue weighted by Gasteiger charge is 2.33. The Bertz CT molecular complexity index is 1430. The van der Waals surface area contributed by atoms with Gasteiger partial charge in [-0.2, -0.15) is 5.10 Å². The Hall–Kier alpha value is -3.03. The van der Waals surface area contributed by atoms with E-state index in [1.54, 1.807) is 29.8 Å². The summed E-state index contributed by atoms with van der Waals surface area (Å²) in [7, 11) is -3.15. The number of carbonyl (C=O) groups excluding carboxylic acids is 1. The topological polar surface area (TPSA) is 131 Å². The van der Waals surface area contributed by atoms with Crippen LogP contribution in [0.3, 0.4) is 0 Å². The van der Waals surface area contributed by atoms with Crippen LogP contribution in [0.1, 0.15) is 50.5 Å². The van der Waals surface area contributed by atoms with E-state index in [1.165, 1.54) is 4.68 Å². The van der Waals surface area contributed by atoms with Gasteiger partial charge in [-0.05, 0) is 51.7 Å². The van der Waals surface area contributed by atoms with Crippen LogP contribution in [0, 0.1) is 4.78 Å². The third-order valence-corrected chi connectivity index (χ3v) is 10.5. The van der Waals surface area contributed by atoms with E-state index in [2.05, 4.69) is 15.7 Å². The fraction of sp³-hybridized carbons (Fsp3) is 0.519. The van der Waals surface area contributed by atoms with E-state index in [1.807, 2.05) is 32.2 Å². The first kappa shape index (κ1) is 28.5. The average molecular weight is 591 g/mol. The molecule has 1 aliphatic heterocycles. The Morgan fingerprint density at radius 3 is 2.70 bits per heavy atom. The van der Waals surface area contributed by atoms with Gasteiger partial charge in [0.05, 0.1) is 67.5 Å². The zero-order valence-corrected chi connectivity index (χ0v) is 24.2. The fourth-order valence-electron chi connectivity index (χ4n) is 4.94. The standard InChI is InChI=1S/C27H35FN6O4S2/c1-17(2)38-27(35)33-19-5-3-18(4-6-19)26-30-13-24(39-26)23-8-7-20(32-21-12-31-34(14-21)10-9-28)11-25(23)40(29,36)22-15-37-16-22/h7-8,11-14,17-19,22,29,32H,3-6,9-10,15-16H2,1-2H3,(H,33,35)/t18-,19-,40?. The largest absolute Gasteiger partial charge is 0.447 e. The molecule has 1 amide bonds. The highest BCUT2D eigenvalue weighted by molar-refractivity contribution is 7.93. The first-order valence-electron chi connectivity index (χ1n) is 13.5. The monoisotopic (exact) mass is 590 g/mol. The number of carbonyl (C=O) groups is 1. The molecule has 0 spiro atoms. The third kappa shape index (κ3) is 6.47. The summed E-state index contributed by atoms with van der Waals surface area (Å²) in [5, 5.41) is 11.0. The Labute approximate surface area is 237 Å². The van der Waals surface area contributed by atoms with Gasteiger partial charge in [0.15, 0.2) is 0 Å². The molecule has 0 bridgehead atoms. The average Bonchev–Trinajstić information content (AvgIpc) is 3.53. The molecule has 1 atom stereocenters. The number of anilines is 2. The number of alkyl halides is 1. The van der Waals surface area contributed by atoms with Gasteiger partial charge in [-0.1, -0.05) is 6.07 Å². The number of amides is 1. The normalized spacial score (nSPS) is 21.0. The van der Waals surface area contributed by atoms with E-state index in [4.69, 9.17) is 19.2 Å². The Kier molecular flexibility index (Phi) is 8.71. The van der Waals surface area contributed by atoms with Crippen LogP contribution in [0.5, 0.6) is 0 Å². The smallest absolute Gasteiger partial charge is 0.407 e. The quantitative estimate of drug-likeness (QED) is 0.277. The van der Waals surface area contributed by atoms with E-state index >= 15 is 0 Å². The number of halogens is 1. The Morgan fingerprint density at radius 2 is 2.02 bits per heavy atom. The second kappa shape index (κ2) is 12.2. The SMILES string of the molecule is CC(C)OC(=O)N[C@H]1CC[C@H](c2ncc(-c3ccc(Nc4cnn(CCF)c4)cc3S(=N)(=O)C3COC3)s2)CC1. The molecular formula is C27H35FN6O4S2. The molecule has 3 aromatic rings. The lowest BCUT2D eigenvalue weighted by Gasteiger charge is -2.29. The highest BCUT2D eigenvalue weighted by atomic mass is 32.2. The summed E-state index contributed by atoms with van der Waals surface area (Å²) in [6.45, 7) is 3.92. The minimum atomic E-state index is -3.15. The van der Waals surface area contributed by atoms with Crippen LogP contribution in [0.25, 0.3) is 10.4 Å². The predicted octanol–water partition coefficient (Wildman–Crippen LogP) is 5.68. The van der Waals surface area contributed by atoms with E-state index < -0.39 is 16.4 Å². The molecule has 3 heterocycles. The van der Waals surface area contributed by atoms with Crippen molar-refractivity contribution in [1.29, 1.82) is 4.78 Å². The molecule has 1 aromatic carbocycles. The van der Waals surface area contributed by atoms with Gasteiger partial charge >= 0.3 is 6.09 Å². The van der Waals surface area contributed by atoms with Crippen LogP contribution in [-0.2, 0) is 25.7 Å². The van der Waals surface area contributed by atoms with Crippen molar-refractivity contribution in [2.24, 2.45) is 0 Å². The number of hydrogen-bond donors (Lipinski definition) is 3. The number of benzene rings is 1. The van der Waals surface area contributed by atoms with Gasteiger partial charge in [0.2, 0.25) is 0 Å². The molecule has 2 aliphatic rings. The lowest BCUT2D eigenvalue weighted by atomic mass is 9.86. The summed E-state index contributed by atoms with van der Waals surface area (Å²) in [5.41, 5.74) is 2.09. The van der Waals surface area contributed by atoms with E-state index in [0.717, 1.165) is 41.1 Å². The maximum absolute atomic E-state index is 13.8. The maximum atomic E-state index is 13.8. The van der Waals surface area contributed by atoms with Crippen LogP contribution < -0.4 is 10.6 Å². The highest BCUT2D eigenvalue weighted by Crippen LogP contribution is 2.41. The van der Waals surface area contributed by atoms with Crippen molar-refractivity contribution in [3.63, 3.8) is 0 Å². The number of ether oxygens (including phenoxy) is 2. The second-order valence-corrected chi connectivity index (χ2v) is 13.9. The molecule has 2 aromatic heterocycles. The summed E-state index contributed by atoms with van der Waals surface area (Å²) in [5.74, 6) is 0.281. The van der Waals surface area contributed by atoms with E-state index in [0.29, 0.717) is 29.5 Å². The number of alkyl carbamates (subject to hydrolysis) is 1. The molecule has 1 unspecified atom stereocenters. The molecule has 5 rings (SSSR count). The van der Waals surface area contributed by atoms with Gasteiger partial charge in [-0.15, -0.1) is 11.3 Å². The second-order valence-electron chi connectivity index (χ2n) is 10.5. The van der Waals surface area contributed by atoms with Crippen LogP contribution >= 0.6 is 11.3 Å². The number of rotatable bonds is 10. The summed E-state index contributed by atoms with van der Waals surface area (Å²) in [6.07, 6.45) is 8.10. The van der Waals surface area contributed by atoms with Crippen LogP contribution in [0.15, 0.2) is 41.7 Å². The van der Waals surface area contributed by atoms with Crippen molar-refractivity contribution in [2.45, 2.75) is 74.3 Å². The molecule has 0 radical (unpaired) electrons. The molecule has 1 saturated heterocycles. The molecular weight excluding hydrogens is 555 g/mol. The summed E-state index contributed by atoms with van der Waals surface area (Å²) >= 11 is 1.57. The van der Waals surface area contributed by atoms with Gasteiger partial charge in [-0.3, -0.25) is 4.68 Å². The van der Waals surface area contributed by atoms with Crippen LogP contribution in [0.4, 0.5) is 20.6 Å².